The van der Waals surface area contributed by atoms with E-state index in [1.807, 2.05) is 18.3 Å². The van der Waals surface area contributed by atoms with Gasteiger partial charge in [0.25, 0.3) is 0 Å². The molecule has 0 amide bonds. The molecule has 21 heavy (non-hydrogen) atoms. The van der Waals surface area contributed by atoms with E-state index in [0.717, 1.165) is 24.6 Å². The van der Waals surface area contributed by atoms with Crippen LogP contribution in [0.1, 0.15) is 26.7 Å². The van der Waals surface area contributed by atoms with E-state index in [2.05, 4.69) is 34.4 Å². The Morgan fingerprint density at radius 3 is 2.57 bits per heavy atom. The van der Waals surface area contributed by atoms with Crippen LogP contribution in [0.3, 0.4) is 0 Å². The quantitative estimate of drug-likeness (QED) is 0.835. The molecule has 1 aliphatic heterocycles. The molecule has 2 fully saturated rings. The highest BCUT2D eigenvalue weighted by Gasteiger charge is 2.23. The molecule has 6 heteroatoms. The van der Waals surface area contributed by atoms with Crippen LogP contribution in [0, 0.1) is 0 Å². The van der Waals surface area contributed by atoms with Gasteiger partial charge in [0.15, 0.2) is 5.11 Å². The molecular weight excluding hydrogens is 284 g/mol. The first-order chi connectivity index (χ1) is 10.1. The number of hydrogen-bond acceptors (Lipinski definition) is 4. The van der Waals surface area contributed by atoms with Gasteiger partial charge in [-0.05, 0) is 51.0 Å². The van der Waals surface area contributed by atoms with E-state index in [0.29, 0.717) is 11.2 Å². The van der Waals surface area contributed by atoms with Gasteiger partial charge < -0.3 is 20.3 Å². The lowest BCUT2D eigenvalue weighted by atomic mass is 10.2. The number of ether oxygens (including phenoxy) is 1. The van der Waals surface area contributed by atoms with Crippen LogP contribution in [0.15, 0.2) is 18.3 Å². The highest BCUT2D eigenvalue weighted by molar-refractivity contribution is 7.80. The van der Waals surface area contributed by atoms with E-state index in [9.17, 15) is 0 Å². The Kier molecular flexibility index (Phi) is 4.26. The van der Waals surface area contributed by atoms with Crippen LogP contribution in [-0.2, 0) is 4.74 Å². The summed E-state index contributed by atoms with van der Waals surface area (Å²) in [7, 11) is 0. The van der Waals surface area contributed by atoms with Crippen molar-refractivity contribution < 1.29 is 4.74 Å². The maximum Gasteiger partial charge on any atom is 0.171 e. The zero-order valence-electron chi connectivity index (χ0n) is 12.5. The van der Waals surface area contributed by atoms with Crippen molar-refractivity contribution in [2.75, 3.05) is 23.3 Å². The summed E-state index contributed by atoms with van der Waals surface area (Å²) in [6, 6.07) is 4.62. The molecule has 2 atom stereocenters. The molecule has 1 saturated heterocycles. The number of hydrogen-bond donors (Lipinski definition) is 2. The van der Waals surface area contributed by atoms with Crippen LogP contribution in [0.2, 0.25) is 0 Å². The lowest BCUT2D eigenvalue weighted by Gasteiger charge is -2.36. The molecule has 0 spiro atoms. The molecule has 1 aromatic rings. The summed E-state index contributed by atoms with van der Waals surface area (Å²) in [5.74, 6) is 0.989. The van der Waals surface area contributed by atoms with E-state index < -0.39 is 0 Å². The smallest absolute Gasteiger partial charge is 0.171 e. The highest BCUT2D eigenvalue weighted by Crippen LogP contribution is 2.21. The van der Waals surface area contributed by atoms with Crippen molar-refractivity contribution in [3.63, 3.8) is 0 Å². The average Bonchev–Trinajstić information content (AvgIpc) is 3.22. The monoisotopic (exact) mass is 306 g/mol. The van der Waals surface area contributed by atoms with Gasteiger partial charge >= 0.3 is 0 Å². The second-order valence-corrected chi connectivity index (χ2v) is 6.35. The molecule has 1 saturated carbocycles. The molecule has 0 unspecified atom stereocenters. The molecule has 2 heterocycles. The van der Waals surface area contributed by atoms with Crippen LogP contribution < -0.4 is 15.5 Å². The number of thiocarbonyl (C=S) groups is 1. The fourth-order valence-electron chi connectivity index (χ4n) is 2.59. The number of rotatable bonds is 3. The Balaban J connectivity index is 1.59. The van der Waals surface area contributed by atoms with Crippen molar-refractivity contribution in [2.24, 2.45) is 0 Å². The van der Waals surface area contributed by atoms with Gasteiger partial charge in [0, 0.05) is 19.1 Å². The Hall–Kier alpha value is -1.40. The molecule has 114 valence electrons. The Labute approximate surface area is 131 Å². The molecular formula is C15H22N4OS. The average molecular weight is 306 g/mol. The largest absolute Gasteiger partial charge is 0.372 e. The van der Waals surface area contributed by atoms with Crippen molar-refractivity contribution in [3.8, 4) is 0 Å². The van der Waals surface area contributed by atoms with E-state index in [1.54, 1.807) is 0 Å². The van der Waals surface area contributed by atoms with Crippen LogP contribution in [0.5, 0.6) is 0 Å². The fourth-order valence-corrected chi connectivity index (χ4v) is 2.88. The predicted octanol–water partition coefficient (Wildman–Crippen LogP) is 2.14. The predicted molar refractivity (Wildman–Crippen MR) is 88.8 cm³/mol. The summed E-state index contributed by atoms with van der Waals surface area (Å²) >= 11 is 5.26. The molecule has 0 radical (unpaired) electrons. The summed E-state index contributed by atoms with van der Waals surface area (Å²) in [5, 5.41) is 7.11. The number of aromatic nitrogens is 1. The standard InChI is InChI=1S/C15H22N4OS/c1-10-8-19(9-11(2)20-10)14-6-5-13(7-16-14)18-15(21)17-12-3-4-12/h5-7,10-12H,3-4,8-9H2,1-2H3,(H2,17,18,21)/t10-,11-/m1/s1. The van der Waals surface area contributed by atoms with E-state index in [4.69, 9.17) is 17.0 Å². The first-order valence-electron chi connectivity index (χ1n) is 7.54. The van der Waals surface area contributed by atoms with E-state index in [1.165, 1.54) is 12.8 Å². The number of pyridine rings is 1. The van der Waals surface area contributed by atoms with E-state index >= 15 is 0 Å². The molecule has 1 aromatic heterocycles. The van der Waals surface area contributed by atoms with Crippen LogP contribution in [-0.4, -0.2) is 41.4 Å². The second-order valence-electron chi connectivity index (χ2n) is 5.94. The molecule has 1 aliphatic carbocycles. The minimum atomic E-state index is 0.240. The van der Waals surface area contributed by atoms with Crippen LogP contribution in [0.25, 0.3) is 0 Å². The summed E-state index contributed by atoms with van der Waals surface area (Å²) in [4.78, 5) is 6.81. The minimum Gasteiger partial charge on any atom is -0.372 e. The fraction of sp³-hybridized carbons (Fsp3) is 0.600. The minimum absolute atomic E-state index is 0.240. The number of morpholine rings is 1. The molecule has 2 aliphatic rings. The van der Waals surface area contributed by atoms with E-state index in [-0.39, 0.29) is 12.2 Å². The molecule has 3 rings (SSSR count). The first-order valence-corrected chi connectivity index (χ1v) is 7.95. The van der Waals surface area contributed by atoms with Crippen LogP contribution >= 0.6 is 12.2 Å². The van der Waals surface area contributed by atoms with Crippen molar-refractivity contribution >= 4 is 28.8 Å². The zero-order valence-corrected chi connectivity index (χ0v) is 13.3. The maximum atomic E-state index is 5.75. The molecule has 0 bridgehead atoms. The van der Waals surface area contributed by atoms with Gasteiger partial charge in [-0.15, -0.1) is 0 Å². The lowest BCUT2D eigenvalue weighted by Crippen LogP contribution is -2.45. The number of nitrogens with one attached hydrogen (secondary N) is 2. The van der Waals surface area contributed by atoms with Crippen LogP contribution in [0.4, 0.5) is 11.5 Å². The number of anilines is 2. The maximum absolute atomic E-state index is 5.75. The lowest BCUT2D eigenvalue weighted by molar-refractivity contribution is -0.00545. The van der Waals surface area contributed by atoms with Crippen molar-refractivity contribution in [1.82, 2.24) is 10.3 Å². The Morgan fingerprint density at radius 2 is 2.00 bits per heavy atom. The third-order valence-corrected chi connectivity index (χ3v) is 3.88. The second kappa shape index (κ2) is 6.15. The van der Waals surface area contributed by atoms with Gasteiger partial charge in [0.2, 0.25) is 0 Å². The highest BCUT2D eigenvalue weighted by atomic mass is 32.1. The van der Waals surface area contributed by atoms with Gasteiger partial charge in [-0.3, -0.25) is 0 Å². The Morgan fingerprint density at radius 1 is 1.29 bits per heavy atom. The SMILES string of the molecule is C[C@@H]1CN(c2ccc(NC(=S)NC3CC3)cn2)C[C@@H](C)O1. The molecule has 5 nitrogen and oxygen atoms in total. The van der Waals surface area contributed by atoms with Gasteiger partial charge in [0.05, 0.1) is 24.1 Å². The van der Waals surface area contributed by atoms with Crippen molar-refractivity contribution in [2.45, 2.75) is 44.9 Å². The Bertz CT molecular complexity index is 493. The zero-order chi connectivity index (χ0) is 14.8. The summed E-state index contributed by atoms with van der Waals surface area (Å²) < 4.78 is 5.75. The normalized spacial score (nSPS) is 25.5. The number of nitrogens with zero attached hydrogens (tertiary/aromatic N) is 2. The summed E-state index contributed by atoms with van der Waals surface area (Å²) in [6.45, 7) is 5.96. The topological polar surface area (TPSA) is 49.4 Å². The summed E-state index contributed by atoms with van der Waals surface area (Å²) in [5.41, 5.74) is 0.922. The van der Waals surface area contributed by atoms with Crippen molar-refractivity contribution in [1.29, 1.82) is 0 Å². The van der Waals surface area contributed by atoms with Gasteiger partial charge in [0.1, 0.15) is 5.82 Å². The van der Waals surface area contributed by atoms with Gasteiger partial charge in [-0.25, -0.2) is 4.98 Å². The van der Waals surface area contributed by atoms with Gasteiger partial charge in [-0.2, -0.15) is 0 Å². The third kappa shape index (κ3) is 4.04. The first kappa shape index (κ1) is 14.5. The van der Waals surface area contributed by atoms with Gasteiger partial charge in [-0.1, -0.05) is 0 Å². The third-order valence-electron chi connectivity index (χ3n) is 3.66. The molecule has 2 N–H and O–H groups in total. The van der Waals surface area contributed by atoms with Crippen molar-refractivity contribution in [3.05, 3.63) is 18.3 Å². The summed E-state index contributed by atoms with van der Waals surface area (Å²) in [6.07, 6.45) is 4.74. The molecule has 0 aromatic carbocycles.